The van der Waals surface area contributed by atoms with Crippen LogP contribution in [0.25, 0.3) is 11.3 Å². The van der Waals surface area contributed by atoms with Crippen LogP contribution >= 0.6 is 27.3 Å². The summed E-state index contributed by atoms with van der Waals surface area (Å²) in [6.07, 6.45) is 3.50. The van der Waals surface area contributed by atoms with E-state index in [0.29, 0.717) is 0 Å². The summed E-state index contributed by atoms with van der Waals surface area (Å²) >= 11 is 5.21. The molecule has 1 heterocycles. The number of halogens is 1. The van der Waals surface area contributed by atoms with Gasteiger partial charge in [-0.05, 0) is 45.0 Å². The first-order valence-corrected chi connectivity index (χ1v) is 7.82. The van der Waals surface area contributed by atoms with Crippen LogP contribution in [0.4, 0.5) is 0 Å². The van der Waals surface area contributed by atoms with Crippen LogP contribution in [-0.2, 0) is 6.42 Å². The predicted octanol–water partition coefficient (Wildman–Crippen LogP) is 4.11. The van der Waals surface area contributed by atoms with Crippen LogP contribution in [0, 0.1) is 0 Å². The van der Waals surface area contributed by atoms with Crippen molar-refractivity contribution in [3.8, 4) is 11.3 Å². The summed E-state index contributed by atoms with van der Waals surface area (Å²) in [4.78, 5) is 4.69. The van der Waals surface area contributed by atoms with Gasteiger partial charge in [-0.15, -0.1) is 11.3 Å². The first-order chi connectivity index (χ1) is 8.79. The second-order valence-electron chi connectivity index (χ2n) is 4.19. The minimum Gasteiger partial charge on any atom is -0.320 e. The first-order valence-electron chi connectivity index (χ1n) is 6.14. The van der Waals surface area contributed by atoms with Gasteiger partial charge in [0.05, 0.1) is 10.7 Å². The molecule has 0 radical (unpaired) electrons. The van der Waals surface area contributed by atoms with E-state index in [1.807, 2.05) is 7.05 Å². The zero-order chi connectivity index (χ0) is 12.8. The van der Waals surface area contributed by atoms with Crippen molar-refractivity contribution in [2.24, 2.45) is 0 Å². The van der Waals surface area contributed by atoms with E-state index in [2.05, 4.69) is 50.9 Å². The van der Waals surface area contributed by atoms with E-state index in [1.165, 1.54) is 23.4 Å². The molecule has 0 aliphatic heterocycles. The van der Waals surface area contributed by atoms with Gasteiger partial charge in [-0.1, -0.05) is 28.1 Å². The number of nitrogens with zero attached hydrogens (tertiary/aromatic N) is 1. The fourth-order valence-corrected chi connectivity index (χ4v) is 2.87. The monoisotopic (exact) mass is 324 g/mol. The third-order valence-corrected chi connectivity index (χ3v) is 4.20. The molecule has 2 nitrogen and oxygen atoms in total. The van der Waals surface area contributed by atoms with Gasteiger partial charge in [0, 0.05) is 15.4 Å². The molecule has 0 unspecified atom stereocenters. The summed E-state index contributed by atoms with van der Waals surface area (Å²) in [5.74, 6) is 0. The van der Waals surface area contributed by atoms with Crippen molar-refractivity contribution < 1.29 is 0 Å². The van der Waals surface area contributed by atoms with Gasteiger partial charge in [-0.2, -0.15) is 0 Å². The zero-order valence-electron chi connectivity index (χ0n) is 10.4. The number of thiazole rings is 1. The van der Waals surface area contributed by atoms with Gasteiger partial charge in [-0.3, -0.25) is 0 Å². The van der Waals surface area contributed by atoms with Crippen LogP contribution in [0.1, 0.15) is 17.8 Å². The Bertz CT molecular complexity index is 479. The van der Waals surface area contributed by atoms with Gasteiger partial charge in [0.1, 0.15) is 0 Å². The number of nitrogens with one attached hydrogen (secondary N) is 1. The fourth-order valence-electron chi connectivity index (χ4n) is 1.76. The van der Waals surface area contributed by atoms with Gasteiger partial charge < -0.3 is 5.32 Å². The van der Waals surface area contributed by atoms with E-state index in [4.69, 9.17) is 4.98 Å². The van der Waals surface area contributed by atoms with Crippen molar-refractivity contribution in [3.05, 3.63) is 39.1 Å². The van der Waals surface area contributed by atoms with Crippen molar-refractivity contribution in [1.82, 2.24) is 10.3 Å². The Morgan fingerprint density at radius 2 is 2.00 bits per heavy atom. The fraction of sp³-hybridized carbons (Fsp3) is 0.357. The van der Waals surface area contributed by atoms with E-state index in [-0.39, 0.29) is 0 Å². The Labute approximate surface area is 121 Å². The average molecular weight is 325 g/mol. The molecule has 0 spiro atoms. The number of rotatable bonds is 6. The number of benzene rings is 1. The van der Waals surface area contributed by atoms with Crippen LogP contribution in [-0.4, -0.2) is 18.6 Å². The molecule has 1 aromatic heterocycles. The summed E-state index contributed by atoms with van der Waals surface area (Å²) in [6, 6.07) is 8.32. The van der Waals surface area contributed by atoms with Crippen molar-refractivity contribution in [1.29, 1.82) is 0 Å². The Morgan fingerprint density at radius 1 is 1.22 bits per heavy atom. The standard InChI is InChI=1S/C14H17BrN2S/c1-16-9-3-2-4-14-17-13(10-18-14)11-5-7-12(15)8-6-11/h5-8,10,16H,2-4,9H2,1H3. The Hall–Kier alpha value is -0.710. The largest absolute Gasteiger partial charge is 0.320 e. The molecular formula is C14H17BrN2S. The van der Waals surface area contributed by atoms with Gasteiger partial charge in [-0.25, -0.2) is 4.98 Å². The van der Waals surface area contributed by atoms with Crippen LogP contribution in [0.2, 0.25) is 0 Å². The van der Waals surface area contributed by atoms with Crippen molar-refractivity contribution >= 4 is 27.3 Å². The Kier molecular flexibility index (Phi) is 5.35. The maximum atomic E-state index is 4.69. The van der Waals surface area contributed by atoms with Crippen molar-refractivity contribution in [3.63, 3.8) is 0 Å². The third kappa shape index (κ3) is 3.90. The molecule has 0 bridgehead atoms. The molecule has 18 heavy (non-hydrogen) atoms. The number of unbranched alkanes of at least 4 members (excludes halogenated alkanes) is 1. The lowest BCUT2D eigenvalue weighted by molar-refractivity contribution is 0.676. The molecule has 96 valence electrons. The highest BCUT2D eigenvalue weighted by Crippen LogP contribution is 2.24. The second kappa shape index (κ2) is 7.02. The van der Waals surface area contributed by atoms with E-state index in [1.54, 1.807) is 11.3 Å². The molecule has 1 aromatic carbocycles. The zero-order valence-corrected chi connectivity index (χ0v) is 12.9. The lowest BCUT2D eigenvalue weighted by Gasteiger charge is -1.98. The topological polar surface area (TPSA) is 24.9 Å². The maximum absolute atomic E-state index is 4.69. The highest BCUT2D eigenvalue weighted by Gasteiger charge is 2.04. The summed E-state index contributed by atoms with van der Waals surface area (Å²) in [5.41, 5.74) is 2.28. The molecule has 0 saturated carbocycles. The second-order valence-corrected chi connectivity index (χ2v) is 6.05. The summed E-state index contributed by atoms with van der Waals surface area (Å²) in [6.45, 7) is 1.09. The van der Waals surface area contributed by atoms with E-state index in [9.17, 15) is 0 Å². The molecule has 2 rings (SSSR count). The van der Waals surface area contributed by atoms with Gasteiger partial charge in [0.15, 0.2) is 0 Å². The molecule has 0 amide bonds. The van der Waals surface area contributed by atoms with Crippen LogP contribution in [0.5, 0.6) is 0 Å². The first kappa shape index (κ1) is 13.7. The highest BCUT2D eigenvalue weighted by molar-refractivity contribution is 9.10. The molecule has 0 aliphatic rings. The molecule has 0 aliphatic carbocycles. The lowest BCUT2D eigenvalue weighted by Crippen LogP contribution is -2.07. The molecule has 0 fully saturated rings. The maximum Gasteiger partial charge on any atom is 0.0932 e. The highest BCUT2D eigenvalue weighted by atomic mass is 79.9. The third-order valence-electron chi connectivity index (χ3n) is 2.76. The molecule has 1 N–H and O–H groups in total. The quantitative estimate of drug-likeness (QED) is 0.808. The number of aryl methyl sites for hydroxylation is 1. The lowest BCUT2D eigenvalue weighted by atomic mass is 10.2. The number of aromatic nitrogens is 1. The van der Waals surface area contributed by atoms with E-state index >= 15 is 0 Å². The van der Waals surface area contributed by atoms with Gasteiger partial charge >= 0.3 is 0 Å². The minimum absolute atomic E-state index is 1.09. The van der Waals surface area contributed by atoms with Gasteiger partial charge in [0.25, 0.3) is 0 Å². The Morgan fingerprint density at radius 3 is 2.72 bits per heavy atom. The average Bonchev–Trinajstić information content (AvgIpc) is 2.84. The summed E-state index contributed by atoms with van der Waals surface area (Å²) < 4.78 is 1.11. The smallest absolute Gasteiger partial charge is 0.0932 e. The van der Waals surface area contributed by atoms with E-state index < -0.39 is 0 Å². The molecule has 0 saturated heterocycles. The SMILES string of the molecule is CNCCCCc1nc(-c2ccc(Br)cc2)cs1. The van der Waals surface area contributed by atoms with Crippen LogP contribution < -0.4 is 5.32 Å². The number of hydrogen-bond acceptors (Lipinski definition) is 3. The number of hydrogen-bond donors (Lipinski definition) is 1. The summed E-state index contributed by atoms with van der Waals surface area (Å²) in [5, 5.41) is 6.56. The normalized spacial score (nSPS) is 10.8. The predicted molar refractivity (Wildman–Crippen MR) is 82.1 cm³/mol. The molecule has 0 atom stereocenters. The van der Waals surface area contributed by atoms with E-state index in [0.717, 1.165) is 23.1 Å². The molecule has 4 heteroatoms. The van der Waals surface area contributed by atoms with Crippen molar-refractivity contribution in [2.45, 2.75) is 19.3 Å². The van der Waals surface area contributed by atoms with Crippen LogP contribution in [0.15, 0.2) is 34.1 Å². The summed E-state index contributed by atoms with van der Waals surface area (Å²) in [7, 11) is 2.00. The minimum atomic E-state index is 1.09. The Balaban J connectivity index is 1.95. The molecule has 2 aromatic rings. The van der Waals surface area contributed by atoms with Gasteiger partial charge in [0.2, 0.25) is 0 Å². The molecular weight excluding hydrogens is 308 g/mol. The van der Waals surface area contributed by atoms with Crippen LogP contribution in [0.3, 0.4) is 0 Å². The van der Waals surface area contributed by atoms with Crippen molar-refractivity contribution in [2.75, 3.05) is 13.6 Å².